The van der Waals surface area contributed by atoms with Crippen LogP contribution in [0.2, 0.25) is 0 Å². The van der Waals surface area contributed by atoms with Gasteiger partial charge in [0.2, 0.25) is 0 Å². The number of nitrogens with one attached hydrogen (secondary N) is 1. The summed E-state index contributed by atoms with van der Waals surface area (Å²) in [4.78, 5) is 0. The lowest BCUT2D eigenvalue weighted by atomic mass is 10.2. The number of hydrogen-bond donors (Lipinski definition) is 1. The summed E-state index contributed by atoms with van der Waals surface area (Å²) < 4.78 is 3.76. The monoisotopic (exact) mass is 358 g/mol. The first kappa shape index (κ1) is 12.6. The van der Waals surface area contributed by atoms with Crippen LogP contribution in [-0.4, -0.2) is 15.0 Å². The molecule has 0 aliphatic carbocycles. The maximum absolute atomic E-state index is 4.03. The van der Waals surface area contributed by atoms with Crippen molar-refractivity contribution in [1.82, 2.24) is 15.0 Å². The second kappa shape index (κ2) is 5.18. The van der Waals surface area contributed by atoms with E-state index in [9.17, 15) is 0 Å². The van der Waals surface area contributed by atoms with Crippen LogP contribution < -0.4 is 5.32 Å². The summed E-state index contributed by atoms with van der Waals surface area (Å²) in [6.07, 6.45) is 1.89. The molecule has 0 atom stereocenters. The number of rotatable bonds is 3. The van der Waals surface area contributed by atoms with Crippen molar-refractivity contribution in [3.05, 3.63) is 38.5 Å². The van der Waals surface area contributed by atoms with Crippen LogP contribution in [0, 0.1) is 6.92 Å². The van der Waals surface area contributed by atoms with Gasteiger partial charge in [-0.25, -0.2) is 0 Å². The quantitative estimate of drug-likeness (QED) is 0.914. The molecule has 2 rings (SSSR count). The SMILES string of the molecule is Cc1cc(Br)c(NCc2cn(C)nn2)c(Br)c1. The average molecular weight is 360 g/mol. The smallest absolute Gasteiger partial charge is 0.102 e. The van der Waals surface area contributed by atoms with Crippen molar-refractivity contribution in [2.45, 2.75) is 13.5 Å². The highest BCUT2D eigenvalue weighted by Gasteiger charge is 2.06. The molecule has 90 valence electrons. The van der Waals surface area contributed by atoms with E-state index in [0.717, 1.165) is 20.3 Å². The van der Waals surface area contributed by atoms with Crippen LogP contribution in [0.5, 0.6) is 0 Å². The summed E-state index contributed by atoms with van der Waals surface area (Å²) in [6, 6.07) is 4.15. The number of aromatic nitrogens is 3. The van der Waals surface area contributed by atoms with Gasteiger partial charge in [0.1, 0.15) is 5.69 Å². The number of anilines is 1. The van der Waals surface area contributed by atoms with Crippen molar-refractivity contribution in [2.75, 3.05) is 5.32 Å². The van der Waals surface area contributed by atoms with Crippen LogP contribution in [-0.2, 0) is 13.6 Å². The fourth-order valence-electron chi connectivity index (χ4n) is 1.52. The van der Waals surface area contributed by atoms with Crippen molar-refractivity contribution in [3.8, 4) is 0 Å². The molecule has 2 aromatic rings. The van der Waals surface area contributed by atoms with Crippen LogP contribution in [0.15, 0.2) is 27.3 Å². The molecule has 0 fully saturated rings. The maximum Gasteiger partial charge on any atom is 0.102 e. The Labute approximate surface area is 117 Å². The lowest BCUT2D eigenvalue weighted by Gasteiger charge is -2.10. The number of aryl methyl sites for hydroxylation is 2. The number of nitrogens with zero attached hydrogens (tertiary/aromatic N) is 3. The molecule has 1 heterocycles. The predicted molar refractivity (Wildman–Crippen MR) is 74.9 cm³/mol. The minimum atomic E-state index is 0.647. The largest absolute Gasteiger partial charge is 0.377 e. The fraction of sp³-hybridized carbons (Fsp3) is 0.273. The Morgan fingerprint density at radius 1 is 1.29 bits per heavy atom. The number of hydrogen-bond acceptors (Lipinski definition) is 3. The molecule has 0 amide bonds. The van der Waals surface area contributed by atoms with Crippen LogP contribution in [0.25, 0.3) is 0 Å². The summed E-state index contributed by atoms with van der Waals surface area (Å²) in [5.74, 6) is 0. The lowest BCUT2D eigenvalue weighted by molar-refractivity contribution is 0.713. The van der Waals surface area contributed by atoms with E-state index in [1.165, 1.54) is 5.56 Å². The van der Waals surface area contributed by atoms with Gasteiger partial charge in [0, 0.05) is 22.2 Å². The van der Waals surface area contributed by atoms with E-state index < -0.39 is 0 Å². The van der Waals surface area contributed by atoms with Gasteiger partial charge in [-0.3, -0.25) is 4.68 Å². The minimum absolute atomic E-state index is 0.647. The third-order valence-electron chi connectivity index (χ3n) is 2.28. The highest BCUT2D eigenvalue weighted by molar-refractivity contribution is 9.11. The minimum Gasteiger partial charge on any atom is -0.377 e. The van der Waals surface area contributed by atoms with E-state index in [2.05, 4.69) is 66.5 Å². The van der Waals surface area contributed by atoms with E-state index >= 15 is 0 Å². The van der Waals surface area contributed by atoms with Gasteiger partial charge in [0.05, 0.1) is 12.2 Å². The van der Waals surface area contributed by atoms with Crippen LogP contribution >= 0.6 is 31.9 Å². The second-order valence-corrected chi connectivity index (χ2v) is 5.55. The molecule has 6 heteroatoms. The topological polar surface area (TPSA) is 42.7 Å². The van der Waals surface area contributed by atoms with Gasteiger partial charge in [-0.1, -0.05) is 5.21 Å². The Hall–Kier alpha value is -0.880. The fourth-order valence-corrected chi connectivity index (χ4v) is 3.22. The normalized spacial score (nSPS) is 10.6. The van der Waals surface area contributed by atoms with Crippen molar-refractivity contribution < 1.29 is 0 Å². The standard InChI is InChI=1S/C11H12Br2N4/c1-7-3-9(12)11(10(13)4-7)14-5-8-6-17(2)16-15-8/h3-4,6,14H,5H2,1-2H3. The molecule has 4 nitrogen and oxygen atoms in total. The zero-order valence-electron chi connectivity index (χ0n) is 9.54. The molecule has 0 aliphatic rings. The number of benzene rings is 1. The second-order valence-electron chi connectivity index (χ2n) is 3.84. The van der Waals surface area contributed by atoms with E-state index in [1.54, 1.807) is 4.68 Å². The van der Waals surface area contributed by atoms with Gasteiger partial charge < -0.3 is 5.32 Å². The summed E-state index contributed by atoms with van der Waals surface area (Å²) in [5, 5.41) is 11.2. The Kier molecular flexibility index (Phi) is 3.83. The molecule has 0 saturated carbocycles. The molecule has 1 N–H and O–H groups in total. The molecule has 1 aromatic carbocycles. The van der Waals surface area contributed by atoms with Crippen molar-refractivity contribution in [2.24, 2.45) is 7.05 Å². The third kappa shape index (κ3) is 3.07. The Balaban J connectivity index is 2.14. The third-order valence-corrected chi connectivity index (χ3v) is 3.53. The van der Waals surface area contributed by atoms with Crippen molar-refractivity contribution in [3.63, 3.8) is 0 Å². The summed E-state index contributed by atoms with van der Waals surface area (Å²) in [5.41, 5.74) is 3.14. The Morgan fingerprint density at radius 2 is 1.94 bits per heavy atom. The molecule has 0 saturated heterocycles. The van der Waals surface area contributed by atoms with Gasteiger partial charge in [-0.05, 0) is 56.5 Å². The van der Waals surface area contributed by atoms with Crippen LogP contribution in [0.1, 0.15) is 11.3 Å². The first-order valence-corrected chi connectivity index (χ1v) is 6.69. The molecular formula is C11H12Br2N4. The average Bonchev–Trinajstić information content (AvgIpc) is 2.62. The molecular weight excluding hydrogens is 348 g/mol. The van der Waals surface area contributed by atoms with E-state index in [-0.39, 0.29) is 0 Å². The van der Waals surface area contributed by atoms with Gasteiger partial charge in [-0.2, -0.15) is 0 Å². The van der Waals surface area contributed by atoms with Crippen LogP contribution in [0.4, 0.5) is 5.69 Å². The first-order valence-electron chi connectivity index (χ1n) is 5.11. The van der Waals surface area contributed by atoms with Crippen molar-refractivity contribution >= 4 is 37.5 Å². The van der Waals surface area contributed by atoms with E-state index in [0.29, 0.717) is 6.54 Å². The van der Waals surface area contributed by atoms with Crippen molar-refractivity contribution in [1.29, 1.82) is 0 Å². The molecule has 17 heavy (non-hydrogen) atoms. The van der Waals surface area contributed by atoms with E-state index in [4.69, 9.17) is 0 Å². The summed E-state index contributed by atoms with van der Waals surface area (Å²) in [6.45, 7) is 2.70. The zero-order valence-corrected chi connectivity index (χ0v) is 12.7. The highest BCUT2D eigenvalue weighted by atomic mass is 79.9. The Bertz CT molecular complexity index is 513. The number of halogens is 2. The molecule has 0 aliphatic heterocycles. The maximum atomic E-state index is 4.03. The lowest BCUT2D eigenvalue weighted by Crippen LogP contribution is -2.01. The van der Waals surface area contributed by atoms with E-state index in [1.807, 2.05) is 13.2 Å². The predicted octanol–water partition coefficient (Wildman–Crippen LogP) is 3.26. The molecule has 0 spiro atoms. The molecule has 0 radical (unpaired) electrons. The highest BCUT2D eigenvalue weighted by Crippen LogP contribution is 2.32. The summed E-state index contributed by atoms with van der Waals surface area (Å²) >= 11 is 7.09. The first-order chi connectivity index (χ1) is 8.06. The summed E-state index contributed by atoms with van der Waals surface area (Å²) in [7, 11) is 1.86. The van der Waals surface area contributed by atoms with Gasteiger partial charge in [0.25, 0.3) is 0 Å². The van der Waals surface area contributed by atoms with Gasteiger partial charge in [-0.15, -0.1) is 5.10 Å². The molecule has 1 aromatic heterocycles. The molecule has 0 unspecified atom stereocenters. The molecule has 0 bridgehead atoms. The Morgan fingerprint density at radius 3 is 2.47 bits per heavy atom. The van der Waals surface area contributed by atoms with Gasteiger partial charge in [0.15, 0.2) is 0 Å². The van der Waals surface area contributed by atoms with Crippen LogP contribution in [0.3, 0.4) is 0 Å². The van der Waals surface area contributed by atoms with Gasteiger partial charge >= 0.3 is 0 Å². The zero-order chi connectivity index (χ0) is 12.4.